The third-order valence-corrected chi connectivity index (χ3v) is 2.23. The quantitative estimate of drug-likeness (QED) is 0.586. The molecule has 0 radical (unpaired) electrons. The monoisotopic (exact) mass is 170 g/mol. The number of rotatable bonds is 6. The fraction of sp³-hybridized carbons (Fsp3) is 0.889. The Morgan fingerprint density at radius 3 is 2.67 bits per heavy atom. The first kappa shape index (κ1) is 11.4. The Kier molecular flexibility index (Phi) is 5.69. The smallest absolute Gasteiger partial charge is 0.0635 e. The van der Waals surface area contributed by atoms with E-state index in [0.717, 1.165) is 12.8 Å². The van der Waals surface area contributed by atoms with E-state index >= 15 is 0 Å². The molecule has 3 nitrogen and oxygen atoms in total. The number of nitrogens with zero attached hydrogens (tertiary/aromatic N) is 1. The Morgan fingerprint density at radius 2 is 2.25 bits per heavy atom. The van der Waals surface area contributed by atoms with Crippen LogP contribution in [0, 0.1) is 11.3 Å². The van der Waals surface area contributed by atoms with Gasteiger partial charge in [0, 0.05) is 25.1 Å². The fourth-order valence-electron chi connectivity index (χ4n) is 1.06. The third kappa shape index (κ3) is 4.32. The molecular formula is C9H18N2O. The Morgan fingerprint density at radius 1 is 1.58 bits per heavy atom. The van der Waals surface area contributed by atoms with Gasteiger partial charge in [0.05, 0.1) is 6.07 Å². The molecule has 0 spiro atoms. The average molecular weight is 170 g/mol. The van der Waals surface area contributed by atoms with E-state index in [4.69, 9.17) is 10.4 Å². The van der Waals surface area contributed by atoms with Crippen molar-refractivity contribution in [1.82, 2.24) is 5.32 Å². The maximum Gasteiger partial charge on any atom is 0.0635 e. The van der Waals surface area contributed by atoms with Crippen molar-refractivity contribution in [2.75, 3.05) is 13.2 Å². The van der Waals surface area contributed by atoms with Crippen LogP contribution in [-0.2, 0) is 0 Å². The van der Waals surface area contributed by atoms with Crippen LogP contribution >= 0.6 is 0 Å². The molecule has 0 aromatic rings. The van der Waals surface area contributed by atoms with E-state index in [9.17, 15) is 0 Å². The molecule has 0 aliphatic carbocycles. The second-order valence-electron chi connectivity index (χ2n) is 3.22. The number of nitrogens with one attached hydrogen (secondary N) is 1. The van der Waals surface area contributed by atoms with Gasteiger partial charge in [-0.15, -0.1) is 0 Å². The van der Waals surface area contributed by atoms with Crippen LogP contribution < -0.4 is 5.32 Å². The van der Waals surface area contributed by atoms with E-state index < -0.39 is 0 Å². The molecule has 0 aromatic carbocycles. The van der Waals surface area contributed by atoms with Gasteiger partial charge in [0.1, 0.15) is 0 Å². The first-order valence-electron chi connectivity index (χ1n) is 4.41. The molecular weight excluding hydrogens is 152 g/mol. The van der Waals surface area contributed by atoms with Crippen LogP contribution in [0.2, 0.25) is 0 Å². The maximum absolute atomic E-state index is 8.78. The Hall–Kier alpha value is -0.590. The van der Waals surface area contributed by atoms with Gasteiger partial charge in [-0.05, 0) is 19.8 Å². The number of nitriles is 1. The summed E-state index contributed by atoms with van der Waals surface area (Å²) in [5, 5.41) is 20.4. The van der Waals surface area contributed by atoms with Gasteiger partial charge in [-0.3, -0.25) is 0 Å². The van der Waals surface area contributed by atoms with Crippen LogP contribution in [0.25, 0.3) is 0 Å². The van der Waals surface area contributed by atoms with Crippen LogP contribution in [-0.4, -0.2) is 23.8 Å². The molecule has 0 heterocycles. The molecule has 0 fully saturated rings. The average Bonchev–Trinajstić information content (AvgIpc) is 2.06. The molecule has 0 amide bonds. The van der Waals surface area contributed by atoms with Gasteiger partial charge in [-0.1, -0.05) is 6.92 Å². The summed E-state index contributed by atoms with van der Waals surface area (Å²) in [6.45, 7) is 5.06. The molecule has 2 N–H and O–H groups in total. The van der Waals surface area contributed by atoms with Crippen LogP contribution in [0.15, 0.2) is 0 Å². The Bertz CT molecular complexity index is 153. The molecule has 1 unspecified atom stereocenters. The first-order valence-corrected chi connectivity index (χ1v) is 4.41. The van der Waals surface area contributed by atoms with Gasteiger partial charge in [-0.2, -0.15) is 5.26 Å². The van der Waals surface area contributed by atoms with E-state index in [1.807, 2.05) is 0 Å². The van der Waals surface area contributed by atoms with Crippen molar-refractivity contribution in [2.45, 2.75) is 38.6 Å². The van der Waals surface area contributed by atoms with E-state index in [-0.39, 0.29) is 12.1 Å². The standard InChI is InChI=1S/C9H18N2O/c1-3-9(2,5-8-12)11-7-4-6-10/h11-12H,3-5,7-8H2,1-2H3. The SMILES string of the molecule is CCC(C)(CCO)NCCC#N. The van der Waals surface area contributed by atoms with Gasteiger partial charge >= 0.3 is 0 Å². The molecule has 0 aliphatic rings. The minimum absolute atomic E-state index is 0.00833. The van der Waals surface area contributed by atoms with Crippen molar-refractivity contribution in [1.29, 1.82) is 5.26 Å². The lowest BCUT2D eigenvalue weighted by molar-refractivity contribution is 0.217. The molecule has 0 aromatic heterocycles. The number of aliphatic hydroxyl groups is 1. The minimum Gasteiger partial charge on any atom is -0.396 e. The third-order valence-electron chi connectivity index (χ3n) is 2.23. The number of hydrogen-bond donors (Lipinski definition) is 2. The maximum atomic E-state index is 8.78. The predicted octanol–water partition coefficient (Wildman–Crippen LogP) is 1.04. The van der Waals surface area contributed by atoms with Crippen molar-refractivity contribution < 1.29 is 5.11 Å². The summed E-state index contributed by atoms with van der Waals surface area (Å²) in [5.74, 6) is 0. The topological polar surface area (TPSA) is 56.0 Å². The summed E-state index contributed by atoms with van der Waals surface area (Å²) in [7, 11) is 0. The molecule has 0 saturated heterocycles. The van der Waals surface area contributed by atoms with E-state index in [0.29, 0.717) is 13.0 Å². The molecule has 0 bridgehead atoms. The van der Waals surface area contributed by atoms with Crippen molar-refractivity contribution in [3.63, 3.8) is 0 Å². The van der Waals surface area contributed by atoms with E-state index in [1.54, 1.807) is 0 Å². The van der Waals surface area contributed by atoms with Gasteiger partial charge in [-0.25, -0.2) is 0 Å². The largest absolute Gasteiger partial charge is 0.396 e. The van der Waals surface area contributed by atoms with Crippen molar-refractivity contribution >= 4 is 0 Å². The molecule has 1 atom stereocenters. The predicted molar refractivity (Wildman–Crippen MR) is 48.6 cm³/mol. The molecule has 3 heteroatoms. The fourth-order valence-corrected chi connectivity index (χ4v) is 1.06. The lowest BCUT2D eigenvalue weighted by Crippen LogP contribution is -2.42. The lowest BCUT2D eigenvalue weighted by Gasteiger charge is -2.28. The van der Waals surface area contributed by atoms with Gasteiger partial charge < -0.3 is 10.4 Å². The zero-order valence-corrected chi connectivity index (χ0v) is 7.93. The van der Waals surface area contributed by atoms with Gasteiger partial charge in [0.15, 0.2) is 0 Å². The molecule has 0 saturated carbocycles. The van der Waals surface area contributed by atoms with Crippen molar-refractivity contribution in [3.05, 3.63) is 0 Å². The second kappa shape index (κ2) is 5.99. The Labute approximate surface area is 74.4 Å². The number of aliphatic hydroxyl groups excluding tert-OH is 1. The summed E-state index contributed by atoms with van der Waals surface area (Å²) in [4.78, 5) is 0. The summed E-state index contributed by atoms with van der Waals surface area (Å²) in [5.41, 5.74) is -0.00833. The van der Waals surface area contributed by atoms with Crippen molar-refractivity contribution in [2.24, 2.45) is 0 Å². The second-order valence-corrected chi connectivity index (χ2v) is 3.22. The Balaban J connectivity index is 3.72. The van der Waals surface area contributed by atoms with Crippen LogP contribution in [0.5, 0.6) is 0 Å². The summed E-state index contributed by atoms with van der Waals surface area (Å²) in [6.07, 6.45) is 2.24. The highest BCUT2D eigenvalue weighted by Gasteiger charge is 2.19. The molecule has 70 valence electrons. The van der Waals surface area contributed by atoms with Crippen LogP contribution in [0.3, 0.4) is 0 Å². The van der Waals surface area contributed by atoms with Crippen molar-refractivity contribution in [3.8, 4) is 6.07 Å². The van der Waals surface area contributed by atoms with Gasteiger partial charge in [0.25, 0.3) is 0 Å². The summed E-state index contributed by atoms with van der Waals surface area (Å²) in [6, 6.07) is 2.08. The van der Waals surface area contributed by atoms with Crippen LogP contribution in [0.4, 0.5) is 0 Å². The minimum atomic E-state index is -0.00833. The molecule has 0 rings (SSSR count). The van der Waals surface area contributed by atoms with E-state index in [1.165, 1.54) is 0 Å². The highest BCUT2D eigenvalue weighted by atomic mass is 16.3. The summed E-state index contributed by atoms with van der Waals surface area (Å²) < 4.78 is 0. The highest BCUT2D eigenvalue weighted by Crippen LogP contribution is 2.13. The first-order chi connectivity index (χ1) is 5.68. The van der Waals surface area contributed by atoms with Gasteiger partial charge in [0.2, 0.25) is 0 Å². The zero-order chi connectivity index (χ0) is 9.45. The molecule has 12 heavy (non-hydrogen) atoms. The number of hydrogen-bond acceptors (Lipinski definition) is 3. The van der Waals surface area contributed by atoms with Crippen LogP contribution in [0.1, 0.15) is 33.1 Å². The molecule has 0 aliphatic heterocycles. The zero-order valence-electron chi connectivity index (χ0n) is 7.93. The normalized spacial score (nSPS) is 15.2. The lowest BCUT2D eigenvalue weighted by atomic mass is 9.95. The highest BCUT2D eigenvalue weighted by molar-refractivity contribution is 4.83. The summed E-state index contributed by atoms with van der Waals surface area (Å²) >= 11 is 0. The van der Waals surface area contributed by atoms with E-state index in [2.05, 4.69) is 25.2 Å².